The summed E-state index contributed by atoms with van der Waals surface area (Å²) in [5.74, 6) is 0.829. The van der Waals surface area contributed by atoms with Crippen molar-refractivity contribution in [3.8, 4) is 0 Å². The van der Waals surface area contributed by atoms with Gasteiger partial charge in [-0.2, -0.15) is 0 Å². The first-order chi connectivity index (χ1) is 6.75. The van der Waals surface area contributed by atoms with Crippen molar-refractivity contribution in [1.82, 2.24) is 0 Å². The third-order valence-corrected chi connectivity index (χ3v) is 3.36. The van der Waals surface area contributed by atoms with Crippen LogP contribution in [0.4, 0.5) is 0 Å². The standard InChI is InChI=1S/C12H22O2/c1-9(2)13-12-8-7-10-5-3-4-6-11(10)14-12/h9-12H,3-8H2,1-2H3. The van der Waals surface area contributed by atoms with Gasteiger partial charge in [-0.25, -0.2) is 0 Å². The predicted octanol–water partition coefficient (Wildman–Crippen LogP) is 3.11. The van der Waals surface area contributed by atoms with Gasteiger partial charge in [-0.15, -0.1) is 0 Å². The molecular formula is C12H22O2. The first-order valence-electron chi connectivity index (χ1n) is 6.06. The molecule has 3 atom stereocenters. The van der Waals surface area contributed by atoms with Crippen molar-refractivity contribution < 1.29 is 9.47 Å². The summed E-state index contributed by atoms with van der Waals surface area (Å²) < 4.78 is 11.7. The molecule has 0 radical (unpaired) electrons. The highest BCUT2D eigenvalue weighted by atomic mass is 16.7. The summed E-state index contributed by atoms with van der Waals surface area (Å²) in [5.41, 5.74) is 0. The molecule has 0 bridgehead atoms. The topological polar surface area (TPSA) is 18.5 Å². The summed E-state index contributed by atoms with van der Waals surface area (Å²) in [4.78, 5) is 0. The first kappa shape index (κ1) is 10.4. The zero-order valence-corrected chi connectivity index (χ0v) is 9.37. The van der Waals surface area contributed by atoms with E-state index in [4.69, 9.17) is 9.47 Å². The molecule has 2 heteroatoms. The van der Waals surface area contributed by atoms with Gasteiger partial charge in [0.15, 0.2) is 6.29 Å². The van der Waals surface area contributed by atoms with Crippen molar-refractivity contribution in [1.29, 1.82) is 0 Å². The summed E-state index contributed by atoms with van der Waals surface area (Å²) >= 11 is 0. The van der Waals surface area contributed by atoms with Crippen molar-refractivity contribution in [2.24, 2.45) is 5.92 Å². The minimum Gasteiger partial charge on any atom is -0.350 e. The third kappa shape index (κ3) is 2.48. The van der Waals surface area contributed by atoms with Crippen LogP contribution < -0.4 is 0 Å². The molecule has 1 saturated carbocycles. The zero-order chi connectivity index (χ0) is 9.97. The minimum atomic E-state index is 0.0781. The Morgan fingerprint density at radius 1 is 1.07 bits per heavy atom. The lowest BCUT2D eigenvalue weighted by molar-refractivity contribution is -0.229. The maximum absolute atomic E-state index is 5.98. The van der Waals surface area contributed by atoms with Crippen LogP contribution in [0, 0.1) is 5.92 Å². The smallest absolute Gasteiger partial charge is 0.158 e. The molecule has 1 heterocycles. The molecule has 2 nitrogen and oxygen atoms in total. The van der Waals surface area contributed by atoms with E-state index in [0.29, 0.717) is 12.2 Å². The van der Waals surface area contributed by atoms with E-state index < -0.39 is 0 Å². The Bertz CT molecular complexity index is 179. The Labute approximate surface area is 87.0 Å². The van der Waals surface area contributed by atoms with Gasteiger partial charge in [-0.1, -0.05) is 12.8 Å². The molecule has 2 fully saturated rings. The maximum atomic E-state index is 5.98. The van der Waals surface area contributed by atoms with E-state index in [9.17, 15) is 0 Å². The van der Waals surface area contributed by atoms with E-state index in [0.717, 1.165) is 12.3 Å². The summed E-state index contributed by atoms with van der Waals surface area (Å²) in [7, 11) is 0. The minimum absolute atomic E-state index is 0.0781. The molecule has 0 aromatic rings. The Morgan fingerprint density at radius 3 is 2.64 bits per heavy atom. The Kier molecular flexibility index (Phi) is 3.45. The van der Waals surface area contributed by atoms with E-state index in [1.807, 2.05) is 0 Å². The van der Waals surface area contributed by atoms with Crippen molar-refractivity contribution in [2.75, 3.05) is 0 Å². The second kappa shape index (κ2) is 4.63. The van der Waals surface area contributed by atoms with E-state index >= 15 is 0 Å². The lowest BCUT2D eigenvalue weighted by atomic mass is 9.82. The van der Waals surface area contributed by atoms with Gasteiger partial charge in [-0.05, 0) is 45.4 Å². The van der Waals surface area contributed by atoms with Gasteiger partial charge in [0.05, 0.1) is 12.2 Å². The molecule has 1 aliphatic heterocycles. The average Bonchev–Trinajstić information content (AvgIpc) is 2.17. The molecule has 14 heavy (non-hydrogen) atoms. The monoisotopic (exact) mass is 198 g/mol. The van der Waals surface area contributed by atoms with Crippen LogP contribution in [0.2, 0.25) is 0 Å². The number of hydrogen-bond donors (Lipinski definition) is 0. The second-order valence-electron chi connectivity index (χ2n) is 4.91. The zero-order valence-electron chi connectivity index (χ0n) is 9.37. The van der Waals surface area contributed by atoms with Crippen LogP contribution in [-0.4, -0.2) is 18.5 Å². The summed E-state index contributed by atoms with van der Waals surface area (Å²) in [6.07, 6.45) is 8.65. The van der Waals surface area contributed by atoms with Crippen LogP contribution >= 0.6 is 0 Å². The molecule has 0 spiro atoms. The lowest BCUT2D eigenvalue weighted by Crippen LogP contribution is -2.39. The van der Waals surface area contributed by atoms with Gasteiger partial charge in [-0.3, -0.25) is 0 Å². The van der Waals surface area contributed by atoms with E-state index in [1.54, 1.807) is 0 Å². The molecule has 82 valence electrons. The molecule has 2 rings (SSSR count). The average molecular weight is 198 g/mol. The highest BCUT2D eigenvalue weighted by Gasteiger charge is 2.33. The number of rotatable bonds is 2. The maximum Gasteiger partial charge on any atom is 0.158 e. The van der Waals surface area contributed by atoms with Gasteiger partial charge in [0.2, 0.25) is 0 Å². The van der Waals surface area contributed by atoms with Crippen molar-refractivity contribution in [2.45, 2.75) is 70.9 Å². The van der Waals surface area contributed by atoms with Crippen LogP contribution in [0.1, 0.15) is 52.4 Å². The number of fused-ring (bicyclic) bond motifs is 1. The molecule has 0 aromatic heterocycles. The van der Waals surface area contributed by atoms with E-state index in [2.05, 4.69) is 13.8 Å². The molecule has 3 unspecified atom stereocenters. The molecule has 0 N–H and O–H groups in total. The third-order valence-electron chi connectivity index (χ3n) is 3.36. The molecule has 0 amide bonds. The Hall–Kier alpha value is -0.0800. The van der Waals surface area contributed by atoms with E-state index in [-0.39, 0.29) is 6.29 Å². The van der Waals surface area contributed by atoms with Crippen molar-refractivity contribution in [3.05, 3.63) is 0 Å². The van der Waals surface area contributed by atoms with Crippen LogP contribution in [0.5, 0.6) is 0 Å². The predicted molar refractivity (Wildman–Crippen MR) is 56.1 cm³/mol. The van der Waals surface area contributed by atoms with Crippen LogP contribution in [0.15, 0.2) is 0 Å². The Balaban J connectivity index is 1.83. The number of ether oxygens (including phenoxy) is 2. The summed E-state index contributed by atoms with van der Waals surface area (Å²) in [6, 6.07) is 0. The van der Waals surface area contributed by atoms with Gasteiger partial charge in [0.25, 0.3) is 0 Å². The van der Waals surface area contributed by atoms with E-state index in [1.165, 1.54) is 32.1 Å². The fourth-order valence-corrected chi connectivity index (χ4v) is 2.70. The fraction of sp³-hybridized carbons (Fsp3) is 1.00. The van der Waals surface area contributed by atoms with Gasteiger partial charge < -0.3 is 9.47 Å². The quantitative estimate of drug-likeness (QED) is 0.678. The van der Waals surface area contributed by atoms with Gasteiger partial charge in [0, 0.05) is 0 Å². The van der Waals surface area contributed by atoms with Crippen LogP contribution in [0.3, 0.4) is 0 Å². The second-order valence-corrected chi connectivity index (χ2v) is 4.91. The van der Waals surface area contributed by atoms with Crippen LogP contribution in [0.25, 0.3) is 0 Å². The molecule has 1 aliphatic carbocycles. The fourth-order valence-electron chi connectivity index (χ4n) is 2.70. The lowest BCUT2D eigenvalue weighted by Gasteiger charge is -2.39. The summed E-state index contributed by atoms with van der Waals surface area (Å²) in [5, 5.41) is 0. The van der Waals surface area contributed by atoms with Crippen molar-refractivity contribution in [3.63, 3.8) is 0 Å². The highest BCUT2D eigenvalue weighted by molar-refractivity contribution is 4.80. The highest BCUT2D eigenvalue weighted by Crippen LogP contribution is 2.36. The molecular weight excluding hydrogens is 176 g/mol. The molecule has 1 saturated heterocycles. The van der Waals surface area contributed by atoms with Crippen LogP contribution in [-0.2, 0) is 9.47 Å². The summed E-state index contributed by atoms with van der Waals surface area (Å²) in [6.45, 7) is 4.16. The number of hydrogen-bond acceptors (Lipinski definition) is 2. The first-order valence-corrected chi connectivity index (χ1v) is 6.06. The van der Waals surface area contributed by atoms with Gasteiger partial charge in [0.1, 0.15) is 0 Å². The molecule has 2 aliphatic rings. The SMILES string of the molecule is CC(C)OC1CCC2CCCCC2O1. The normalized spacial score (nSPS) is 38.4. The largest absolute Gasteiger partial charge is 0.350 e. The van der Waals surface area contributed by atoms with Gasteiger partial charge >= 0.3 is 0 Å². The Morgan fingerprint density at radius 2 is 1.86 bits per heavy atom. The molecule has 0 aromatic carbocycles. The van der Waals surface area contributed by atoms with Crippen molar-refractivity contribution >= 4 is 0 Å².